The summed E-state index contributed by atoms with van der Waals surface area (Å²) < 4.78 is 0. The van der Waals surface area contributed by atoms with Crippen LogP contribution < -0.4 is 5.32 Å². The first-order valence-corrected chi connectivity index (χ1v) is 3.16. The van der Waals surface area contributed by atoms with Gasteiger partial charge in [-0.3, -0.25) is 9.59 Å². The molecule has 0 aromatic carbocycles. The number of carboxylic acid groups (broad SMARTS) is 1. The van der Waals surface area contributed by atoms with Gasteiger partial charge in [-0.25, -0.2) is 0 Å². The highest BCUT2D eigenvalue weighted by atomic mass is 16.4. The quantitative estimate of drug-likeness (QED) is 0.491. The van der Waals surface area contributed by atoms with Crippen LogP contribution in [-0.4, -0.2) is 34.7 Å². The lowest BCUT2D eigenvalue weighted by molar-refractivity contribution is -0.138. The average Bonchev–Trinajstić information content (AvgIpc) is 1.84. The number of amides is 1. The molecule has 0 fully saturated rings. The average molecular weight is 161 g/mol. The number of aliphatic hydroxyl groups is 1. The van der Waals surface area contributed by atoms with Crippen LogP contribution in [0.15, 0.2) is 0 Å². The van der Waals surface area contributed by atoms with Crippen molar-refractivity contribution in [3.63, 3.8) is 0 Å². The number of carboxylic acids is 1. The highest BCUT2D eigenvalue weighted by Crippen LogP contribution is 1.89. The number of carbonyl (C=O) groups excluding carboxylic acids is 1. The summed E-state index contributed by atoms with van der Waals surface area (Å²) in [6.07, 6.45) is -0.254. The molecule has 0 unspecified atom stereocenters. The van der Waals surface area contributed by atoms with Gasteiger partial charge in [0.15, 0.2) is 0 Å². The predicted octanol–water partition coefficient (Wildman–Crippen LogP) is -1.04. The van der Waals surface area contributed by atoms with Gasteiger partial charge in [0.1, 0.15) is 0 Å². The van der Waals surface area contributed by atoms with E-state index in [0.717, 1.165) is 0 Å². The second-order valence-corrected chi connectivity index (χ2v) is 2.18. The van der Waals surface area contributed by atoms with Crippen molar-refractivity contribution in [1.82, 2.24) is 5.32 Å². The number of hydrogen-bond donors (Lipinski definition) is 3. The van der Waals surface area contributed by atoms with Gasteiger partial charge in [0.25, 0.3) is 0 Å². The summed E-state index contributed by atoms with van der Waals surface area (Å²) in [7, 11) is 0. The Labute approximate surface area is 64.0 Å². The van der Waals surface area contributed by atoms with Gasteiger partial charge >= 0.3 is 5.97 Å². The predicted molar refractivity (Wildman–Crippen MR) is 36.9 cm³/mol. The maximum atomic E-state index is 10.4. The number of carbonyl (C=O) groups is 2. The smallest absolute Gasteiger partial charge is 0.305 e. The number of nitrogens with one attached hydrogen (secondary N) is 1. The molecule has 11 heavy (non-hydrogen) atoms. The van der Waals surface area contributed by atoms with Crippen LogP contribution in [0.4, 0.5) is 0 Å². The summed E-state index contributed by atoms with van der Waals surface area (Å²) >= 11 is 0. The molecule has 5 heteroatoms. The first-order chi connectivity index (χ1) is 5.06. The molecular formula is C6H11NO4. The van der Waals surface area contributed by atoms with Crippen LogP contribution in [0.1, 0.15) is 13.3 Å². The van der Waals surface area contributed by atoms with E-state index in [1.165, 1.54) is 6.92 Å². The maximum Gasteiger partial charge on any atom is 0.305 e. The Morgan fingerprint density at radius 3 is 2.36 bits per heavy atom. The summed E-state index contributed by atoms with van der Waals surface area (Å²) in [5.74, 6) is -1.39. The minimum atomic E-state index is -1.04. The Morgan fingerprint density at radius 2 is 2.09 bits per heavy atom. The summed E-state index contributed by atoms with van der Waals surface area (Å²) in [5.41, 5.74) is 0. The molecule has 0 aromatic heterocycles. The minimum absolute atomic E-state index is 0.254. The molecule has 0 radical (unpaired) electrons. The van der Waals surface area contributed by atoms with Gasteiger partial charge < -0.3 is 15.5 Å². The molecular weight excluding hydrogens is 150 g/mol. The number of hydrogen-bond acceptors (Lipinski definition) is 3. The topological polar surface area (TPSA) is 86.6 Å². The lowest BCUT2D eigenvalue weighted by Crippen LogP contribution is -2.37. The van der Waals surface area contributed by atoms with E-state index < -0.39 is 12.0 Å². The fourth-order valence-corrected chi connectivity index (χ4v) is 0.659. The lowest BCUT2D eigenvalue weighted by atomic mass is 10.2. The van der Waals surface area contributed by atoms with Crippen LogP contribution in [0, 0.1) is 0 Å². The van der Waals surface area contributed by atoms with Gasteiger partial charge in [0.05, 0.1) is 19.1 Å². The standard InChI is InChI=1S/C6H11NO4/c1-4(9)7-5(3-8)2-6(10)11/h5,8H,2-3H2,1H3,(H,7,9)(H,10,11)/t5-/m1/s1. The first-order valence-electron chi connectivity index (χ1n) is 3.16. The van der Waals surface area contributed by atoms with E-state index in [-0.39, 0.29) is 18.9 Å². The molecule has 5 nitrogen and oxygen atoms in total. The second-order valence-electron chi connectivity index (χ2n) is 2.18. The summed E-state index contributed by atoms with van der Waals surface area (Å²) in [6.45, 7) is 0.913. The molecule has 0 aromatic rings. The summed E-state index contributed by atoms with van der Waals surface area (Å²) in [4.78, 5) is 20.5. The Bertz CT molecular complexity index is 141. The highest BCUT2D eigenvalue weighted by molar-refractivity contribution is 5.74. The van der Waals surface area contributed by atoms with Gasteiger partial charge in [-0.2, -0.15) is 0 Å². The fourth-order valence-electron chi connectivity index (χ4n) is 0.659. The van der Waals surface area contributed by atoms with Crippen LogP contribution in [0.3, 0.4) is 0 Å². The van der Waals surface area contributed by atoms with Crippen molar-refractivity contribution >= 4 is 11.9 Å². The van der Waals surface area contributed by atoms with E-state index in [4.69, 9.17) is 10.2 Å². The molecule has 0 aliphatic rings. The first kappa shape index (κ1) is 9.90. The Hall–Kier alpha value is -1.10. The molecule has 64 valence electrons. The van der Waals surface area contributed by atoms with E-state index in [9.17, 15) is 9.59 Å². The molecule has 0 rings (SSSR count). The number of rotatable bonds is 4. The van der Waals surface area contributed by atoms with Gasteiger partial charge in [-0.05, 0) is 0 Å². The molecule has 0 heterocycles. The van der Waals surface area contributed by atoms with Crippen LogP contribution in [0.2, 0.25) is 0 Å². The largest absolute Gasteiger partial charge is 0.481 e. The molecule has 1 amide bonds. The van der Waals surface area contributed by atoms with Crippen molar-refractivity contribution in [2.75, 3.05) is 6.61 Å². The Morgan fingerprint density at radius 1 is 1.55 bits per heavy atom. The molecule has 0 aliphatic heterocycles. The van der Waals surface area contributed by atoms with Gasteiger partial charge in [0.2, 0.25) is 5.91 Å². The molecule has 3 N–H and O–H groups in total. The Kier molecular flexibility index (Phi) is 4.21. The van der Waals surface area contributed by atoms with E-state index in [1.807, 2.05) is 0 Å². The van der Waals surface area contributed by atoms with Crippen LogP contribution in [0.25, 0.3) is 0 Å². The third-order valence-electron chi connectivity index (χ3n) is 1.05. The number of aliphatic hydroxyl groups excluding tert-OH is 1. The van der Waals surface area contributed by atoms with Crippen LogP contribution >= 0.6 is 0 Å². The molecule has 0 spiro atoms. The van der Waals surface area contributed by atoms with Crippen LogP contribution in [-0.2, 0) is 9.59 Å². The van der Waals surface area contributed by atoms with Crippen molar-refractivity contribution in [3.8, 4) is 0 Å². The highest BCUT2D eigenvalue weighted by Gasteiger charge is 2.11. The molecule has 0 saturated carbocycles. The van der Waals surface area contributed by atoms with Crippen LogP contribution in [0.5, 0.6) is 0 Å². The molecule has 0 saturated heterocycles. The van der Waals surface area contributed by atoms with Crippen molar-refractivity contribution < 1.29 is 19.8 Å². The van der Waals surface area contributed by atoms with E-state index >= 15 is 0 Å². The molecule has 0 bridgehead atoms. The van der Waals surface area contributed by atoms with Crippen molar-refractivity contribution in [1.29, 1.82) is 0 Å². The lowest BCUT2D eigenvalue weighted by Gasteiger charge is -2.11. The number of aliphatic carboxylic acids is 1. The van der Waals surface area contributed by atoms with Crippen molar-refractivity contribution in [2.24, 2.45) is 0 Å². The summed E-state index contributed by atoms with van der Waals surface area (Å²) in [6, 6.07) is -0.676. The Balaban J connectivity index is 3.76. The second kappa shape index (κ2) is 4.68. The third-order valence-corrected chi connectivity index (χ3v) is 1.05. The van der Waals surface area contributed by atoms with Gasteiger partial charge in [-0.15, -0.1) is 0 Å². The van der Waals surface area contributed by atoms with E-state index in [1.54, 1.807) is 0 Å². The van der Waals surface area contributed by atoms with E-state index in [0.29, 0.717) is 0 Å². The maximum absolute atomic E-state index is 10.4. The zero-order valence-electron chi connectivity index (χ0n) is 6.20. The minimum Gasteiger partial charge on any atom is -0.481 e. The molecule has 1 atom stereocenters. The third kappa shape index (κ3) is 5.35. The normalized spacial score (nSPS) is 12.2. The van der Waals surface area contributed by atoms with E-state index in [2.05, 4.69) is 5.32 Å². The molecule has 0 aliphatic carbocycles. The summed E-state index contributed by atoms with van der Waals surface area (Å²) in [5, 5.41) is 19.1. The monoisotopic (exact) mass is 161 g/mol. The van der Waals surface area contributed by atoms with Crippen molar-refractivity contribution in [2.45, 2.75) is 19.4 Å². The zero-order chi connectivity index (χ0) is 8.85. The van der Waals surface area contributed by atoms with Crippen molar-refractivity contribution in [3.05, 3.63) is 0 Å². The SMILES string of the molecule is CC(=O)N[C@@H](CO)CC(=O)O. The van der Waals surface area contributed by atoms with Gasteiger partial charge in [0, 0.05) is 6.92 Å². The van der Waals surface area contributed by atoms with Gasteiger partial charge in [-0.1, -0.05) is 0 Å². The fraction of sp³-hybridized carbons (Fsp3) is 0.667. The zero-order valence-corrected chi connectivity index (χ0v) is 6.20.